The van der Waals surface area contributed by atoms with Gasteiger partial charge >= 0.3 is 0 Å². The third-order valence-electron chi connectivity index (χ3n) is 3.56. The molecule has 3 heteroatoms. The summed E-state index contributed by atoms with van der Waals surface area (Å²) in [5.41, 5.74) is -0.379. The molecule has 0 aromatic heterocycles. The van der Waals surface area contributed by atoms with Crippen LogP contribution in [0.5, 0.6) is 0 Å². The van der Waals surface area contributed by atoms with Gasteiger partial charge in [-0.2, -0.15) is 0 Å². The van der Waals surface area contributed by atoms with Gasteiger partial charge in [-0.05, 0) is 32.1 Å². The predicted molar refractivity (Wildman–Crippen MR) is 49.1 cm³/mol. The van der Waals surface area contributed by atoms with Crippen molar-refractivity contribution in [3.8, 4) is 0 Å². The average molecular weight is 183 g/mol. The number of aliphatic hydroxyl groups excluding tert-OH is 1. The number of rotatable bonds is 3. The predicted octanol–water partition coefficient (Wildman–Crippen LogP) is 0.627. The number of carbonyl (C=O) groups excluding carboxylic acids is 1. The Hall–Kier alpha value is -0.570. The summed E-state index contributed by atoms with van der Waals surface area (Å²) in [6.07, 6.45) is 3.12. The minimum atomic E-state index is -0.379. The van der Waals surface area contributed by atoms with Crippen LogP contribution in [0.1, 0.15) is 26.2 Å². The number of hydrogen-bond acceptors (Lipinski definition) is 2. The smallest absolute Gasteiger partial charge is 0.231 e. The molecule has 1 unspecified atom stereocenters. The van der Waals surface area contributed by atoms with E-state index in [0.717, 1.165) is 32.4 Å². The molecule has 0 spiro atoms. The molecule has 1 saturated carbocycles. The molecule has 1 aliphatic carbocycles. The number of nitrogens with zero attached hydrogens (tertiary/aromatic N) is 1. The number of carbonyl (C=O) groups is 1. The minimum Gasteiger partial charge on any atom is -0.395 e. The largest absolute Gasteiger partial charge is 0.395 e. The van der Waals surface area contributed by atoms with Crippen LogP contribution in [0, 0.1) is 11.3 Å². The van der Waals surface area contributed by atoms with Crippen molar-refractivity contribution >= 4 is 5.91 Å². The van der Waals surface area contributed by atoms with E-state index in [1.807, 2.05) is 11.8 Å². The first-order chi connectivity index (χ1) is 6.24. The lowest BCUT2D eigenvalue weighted by molar-refractivity contribution is -0.139. The van der Waals surface area contributed by atoms with Crippen LogP contribution in [-0.2, 0) is 4.79 Å². The molecule has 13 heavy (non-hydrogen) atoms. The zero-order valence-corrected chi connectivity index (χ0v) is 8.12. The maximum atomic E-state index is 11.9. The third-order valence-corrected chi connectivity index (χ3v) is 3.56. The van der Waals surface area contributed by atoms with Gasteiger partial charge in [0.25, 0.3) is 0 Å². The van der Waals surface area contributed by atoms with Crippen molar-refractivity contribution in [2.24, 2.45) is 11.3 Å². The average Bonchev–Trinajstić information content (AvgIpc) is 2.93. The summed E-state index contributed by atoms with van der Waals surface area (Å²) in [5.74, 6) is 0.668. The molecule has 1 heterocycles. The number of likely N-dealkylation sites (tertiary alicyclic amines) is 1. The lowest BCUT2D eigenvalue weighted by Gasteiger charge is -2.24. The normalized spacial score (nSPS) is 34.3. The van der Waals surface area contributed by atoms with Crippen LogP contribution in [-0.4, -0.2) is 35.6 Å². The Balaban J connectivity index is 2.17. The summed E-state index contributed by atoms with van der Waals surface area (Å²) in [4.78, 5) is 13.8. The third kappa shape index (κ3) is 1.17. The van der Waals surface area contributed by atoms with Crippen LogP contribution in [0.25, 0.3) is 0 Å². The van der Waals surface area contributed by atoms with E-state index in [9.17, 15) is 9.90 Å². The van der Waals surface area contributed by atoms with Crippen molar-refractivity contribution in [3.63, 3.8) is 0 Å². The lowest BCUT2D eigenvalue weighted by atomic mass is 9.82. The van der Waals surface area contributed by atoms with E-state index in [1.54, 1.807) is 0 Å². The highest BCUT2D eigenvalue weighted by Crippen LogP contribution is 2.51. The molecule has 0 bridgehead atoms. The van der Waals surface area contributed by atoms with Crippen molar-refractivity contribution < 1.29 is 9.90 Å². The second-order valence-corrected chi connectivity index (χ2v) is 4.22. The summed E-state index contributed by atoms with van der Waals surface area (Å²) in [6.45, 7) is 3.67. The maximum Gasteiger partial charge on any atom is 0.231 e. The molecule has 2 rings (SSSR count). The van der Waals surface area contributed by atoms with E-state index in [0.29, 0.717) is 5.92 Å². The van der Waals surface area contributed by atoms with Crippen molar-refractivity contribution in [2.75, 3.05) is 19.7 Å². The van der Waals surface area contributed by atoms with Crippen LogP contribution >= 0.6 is 0 Å². The number of aliphatic hydroxyl groups is 1. The molecule has 1 atom stereocenters. The first kappa shape index (κ1) is 9.00. The van der Waals surface area contributed by atoms with Crippen LogP contribution in [0.2, 0.25) is 0 Å². The molecule has 3 nitrogen and oxygen atoms in total. The second-order valence-electron chi connectivity index (χ2n) is 4.22. The van der Waals surface area contributed by atoms with Crippen molar-refractivity contribution in [1.29, 1.82) is 0 Å². The number of amides is 1. The highest BCUT2D eigenvalue weighted by atomic mass is 16.3. The molecule has 74 valence electrons. The topological polar surface area (TPSA) is 40.5 Å². The van der Waals surface area contributed by atoms with Crippen molar-refractivity contribution in [3.05, 3.63) is 0 Å². The van der Waals surface area contributed by atoms with E-state index >= 15 is 0 Å². The maximum absolute atomic E-state index is 11.9. The SMILES string of the molecule is CCN1CCC(CO)(C2CC2)C1=O. The first-order valence-electron chi connectivity index (χ1n) is 5.15. The summed E-state index contributed by atoms with van der Waals surface area (Å²) < 4.78 is 0. The van der Waals surface area contributed by atoms with E-state index in [4.69, 9.17) is 0 Å². The van der Waals surface area contributed by atoms with Crippen LogP contribution < -0.4 is 0 Å². The Labute approximate surface area is 78.7 Å². The molecular weight excluding hydrogens is 166 g/mol. The van der Waals surface area contributed by atoms with Gasteiger partial charge in [0.2, 0.25) is 5.91 Å². The Morgan fingerprint density at radius 3 is 2.69 bits per heavy atom. The molecule has 1 amide bonds. The molecule has 1 aliphatic heterocycles. The molecule has 1 saturated heterocycles. The Morgan fingerprint density at radius 1 is 1.62 bits per heavy atom. The molecule has 0 radical (unpaired) electrons. The highest BCUT2D eigenvalue weighted by Gasteiger charge is 2.54. The van der Waals surface area contributed by atoms with Gasteiger partial charge in [0.1, 0.15) is 0 Å². The van der Waals surface area contributed by atoms with E-state index in [1.165, 1.54) is 0 Å². The van der Waals surface area contributed by atoms with Gasteiger partial charge in [0.05, 0.1) is 12.0 Å². The monoisotopic (exact) mass is 183 g/mol. The van der Waals surface area contributed by atoms with Gasteiger partial charge in [-0.1, -0.05) is 0 Å². The second kappa shape index (κ2) is 2.98. The molecular formula is C10H17NO2. The molecule has 0 aromatic rings. The fraction of sp³-hybridized carbons (Fsp3) is 0.900. The fourth-order valence-electron chi connectivity index (χ4n) is 2.45. The summed E-state index contributed by atoms with van der Waals surface area (Å²) in [7, 11) is 0. The van der Waals surface area contributed by atoms with Gasteiger partial charge in [0, 0.05) is 13.1 Å². The van der Waals surface area contributed by atoms with Crippen molar-refractivity contribution in [2.45, 2.75) is 26.2 Å². The van der Waals surface area contributed by atoms with E-state index < -0.39 is 0 Å². The minimum absolute atomic E-state index is 0.0486. The Morgan fingerprint density at radius 2 is 2.31 bits per heavy atom. The first-order valence-corrected chi connectivity index (χ1v) is 5.15. The Kier molecular flexibility index (Phi) is 2.06. The van der Waals surface area contributed by atoms with E-state index in [-0.39, 0.29) is 17.9 Å². The van der Waals surface area contributed by atoms with Crippen LogP contribution in [0.3, 0.4) is 0 Å². The molecule has 1 N–H and O–H groups in total. The highest BCUT2D eigenvalue weighted by molar-refractivity contribution is 5.85. The van der Waals surface area contributed by atoms with Crippen LogP contribution in [0.15, 0.2) is 0 Å². The molecule has 0 aromatic carbocycles. The standard InChI is InChI=1S/C10H17NO2/c1-2-11-6-5-10(7-12,9(11)13)8-3-4-8/h8,12H,2-7H2,1H3. The summed E-state index contributed by atoms with van der Waals surface area (Å²) in [6, 6.07) is 0. The number of hydrogen-bond donors (Lipinski definition) is 1. The Bertz CT molecular complexity index is 225. The zero-order valence-electron chi connectivity index (χ0n) is 8.12. The zero-order chi connectivity index (χ0) is 9.47. The van der Waals surface area contributed by atoms with Gasteiger partial charge < -0.3 is 10.0 Å². The van der Waals surface area contributed by atoms with Gasteiger partial charge in [-0.3, -0.25) is 4.79 Å². The molecule has 2 aliphatic rings. The van der Waals surface area contributed by atoms with Gasteiger partial charge in [-0.25, -0.2) is 0 Å². The fourth-order valence-corrected chi connectivity index (χ4v) is 2.45. The van der Waals surface area contributed by atoms with Gasteiger partial charge in [0.15, 0.2) is 0 Å². The lowest BCUT2D eigenvalue weighted by Crippen LogP contribution is -2.38. The molecule has 2 fully saturated rings. The summed E-state index contributed by atoms with van der Waals surface area (Å²) >= 11 is 0. The summed E-state index contributed by atoms with van der Waals surface area (Å²) in [5, 5.41) is 9.36. The van der Waals surface area contributed by atoms with Crippen molar-refractivity contribution in [1.82, 2.24) is 4.90 Å². The quantitative estimate of drug-likeness (QED) is 0.697. The van der Waals surface area contributed by atoms with E-state index in [2.05, 4.69) is 0 Å². The van der Waals surface area contributed by atoms with Crippen LogP contribution in [0.4, 0.5) is 0 Å². The van der Waals surface area contributed by atoms with Gasteiger partial charge in [-0.15, -0.1) is 0 Å².